The fourth-order valence-corrected chi connectivity index (χ4v) is 2.02. The van der Waals surface area contributed by atoms with Crippen LogP contribution in [0.15, 0.2) is 28.7 Å². The van der Waals surface area contributed by atoms with Crippen LogP contribution in [0.5, 0.6) is 0 Å². The Morgan fingerprint density at radius 2 is 1.89 bits per heavy atom. The first-order chi connectivity index (χ1) is 8.52. The Labute approximate surface area is 104 Å². The molecule has 0 aliphatic heterocycles. The molecule has 0 fully saturated rings. The van der Waals surface area contributed by atoms with Crippen LogP contribution in [-0.4, -0.2) is 0 Å². The van der Waals surface area contributed by atoms with E-state index in [1.165, 1.54) is 0 Å². The Morgan fingerprint density at radius 1 is 1.17 bits per heavy atom. The van der Waals surface area contributed by atoms with Crippen molar-refractivity contribution in [3.05, 3.63) is 58.5 Å². The van der Waals surface area contributed by atoms with Gasteiger partial charge in [0.2, 0.25) is 0 Å². The average molecular weight is 252 g/mol. The highest BCUT2D eigenvalue weighted by molar-refractivity contribution is 5.35. The van der Waals surface area contributed by atoms with E-state index in [-0.39, 0.29) is 5.56 Å². The van der Waals surface area contributed by atoms with Crippen LogP contribution in [0.25, 0.3) is 0 Å². The predicted octanol–water partition coefficient (Wildman–Crippen LogP) is 2.73. The van der Waals surface area contributed by atoms with Crippen LogP contribution in [0.1, 0.15) is 28.7 Å². The molecule has 5 heteroatoms. The van der Waals surface area contributed by atoms with Crippen molar-refractivity contribution in [2.24, 2.45) is 5.84 Å². The molecule has 18 heavy (non-hydrogen) atoms. The van der Waals surface area contributed by atoms with Crippen molar-refractivity contribution >= 4 is 0 Å². The molecule has 1 atom stereocenters. The van der Waals surface area contributed by atoms with Gasteiger partial charge in [-0.3, -0.25) is 5.84 Å². The maximum atomic E-state index is 13.7. The highest BCUT2D eigenvalue weighted by Gasteiger charge is 2.21. The summed E-state index contributed by atoms with van der Waals surface area (Å²) >= 11 is 0. The number of rotatable bonds is 3. The van der Waals surface area contributed by atoms with Crippen molar-refractivity contribution in [1.29, 1.82) is 0 Å². The summed E-state index contributed by atoms with van der Waals surface area (Å²) in [6, 6.07) is 4.39. The molecule has 0 aliphatic rings. The summed E-state index contributed by atoms with van der Waals surface area (Å²) in [6.07, 6.45) is 0. The molecule has 0 aliphatic carbocycles. The molecule has 0 saturated carbocycles. The van der Waals surface area contributed by atoms with Gasteiger partial charge in [-0.05, 0) is 38.1 Å². The number of aryl methyl sites for hydroxylation is 2. The van der Waals surface area contributed by atoms with Crippen molar-refractivity contribution in [3.63, 3.8) is 0 Å². The van der Waals surface area contributed by atoms with Gasteiger partial charge in [0, 0.05) is 11.1 Å². The molecule has 3 N–H and O–H groups in total. The summed E-state index contributed by atoms with van der Waals surface area (Å²) in [6.45, 7) is 3.54. The first kappa shape index (κ1) is 12.7. The Balaban J connectivity index is 2.51. The quantitative estimate of drug-likeness (QED) is 0.652. The zero-order chi connectivity index (χ0) is 13.3. The lowest BCUT2D eigenvalue weighted by atomic mass is 9.99. The summed E-state index contributed by atoms with van der Waals surface area (Å²) in [4.78, 5) is 0. The fraction of sp³-hybridized carbons (Fsp3) is 0.231. The topological polar surface area (TPSA) is 51.2 Å². The molecule has 0 radical (unpaired) electrons. The lowest BCUT2D eigenvalue weighted by molar-refractivity contribution is 0.491. The second-order valence-corrected chi connectivity index (χ2v) is 4.13. The monoisotopic (exact) mass is 252 g/mol. The van der Waals surface area contributed by atoms with Crippen molar-refractivity contribution < 1.29 is 13.2 Å². The highest BCUT2D eigenvalue weighted by atomic mass is 19.1. The zero-order valence-electron chi connectivity index (χ0n) is 10.1. The van der Waals surface area contributed by atoms with Crippen LogP contribution in [0.3, 0.4) is 0 Å². The zero-order valence-corrected chi connectivity index (χ0v) is 10.1. The Morgan fingerprint density at radius 3 is 2.44 bits per heavy atom. The van der Waals surface area contributed by atoms with Crippen molar-refractivity contribution in [3.8, 4) is 0 Å². The van der Waals surface area contributed by atoms with E-state index in [0.717, 1.165) is 18.2 Å². The van der Waals surface area contributed by atoms with Gasteiger partial charge >= 0.3 is 0 Å². The molecule has 1 unspecified atom stereocenters. The smallest absolute Gasteiger partial charge is 0.128 e. The van der Waals surface area contributed by atoms with Crippen molar-refractivity contribution in [2.75, 3.05) is 0 Å². The highest BCUT2D eigenvalue weighted by Crippen LogP contribution is 2.28. The maximum absolute atomic E-state index is 13.7. The number of hydrazine groups is 1. The van der Waals surface area contributed by atoms with Gasteiger partial charge in [0.1, 0.15) is 23.2 Å². The average Bonchev–Trinajstić information content (AvgIpc) is 2.64. The molecule has 0 saturated heterocycles. The predicted molar refractivity (Wildman–Crippen MR) is 63.7 cm³/mol. The van der Waals surface area contributed by atoms with Crippen LogP contribution in [-0.2, 0) is 0 Å². The molecular weight excluding hydrogens is 238 g/mol. The van der Waals surface area contributed by atoms with Gasteiger partial charge in [-0.15, -0.1) is 0 Å². The summed E-state index contributed by atoms with van der Waals surface area (Å²) in [7, 11) is 0. The molecule has 1 aromatic heterocycles. The van der Waals surface area contributed by atoms with Crippen molar-refractivity contribution in [2.45, 2.75) is 19.9 Å². The number of benzene rings is 1. The number of furan rings is 1. The van der Waals surface area contributed by atoms with E-state index in [2.05, 4.69) is 5.43 Å². The van der Waals surface area contributed by atoms with Gasteiger partial charge in [0.15, 0.2) is 0 Å². The third kappa shape index (κ3) is 2.27. The van der Waals surface area contributed by atoms with Gasteiger partial charge < -0.3 is 4.42 Å². The minimum atomic E-state index is -0.641. The van der Waals surface area contributed by atoms with Crippen LogP contribution in [0, 0.1) is 25.5 Å². The third-order valence-electron chi connectivity index (χ3n) is 2.83. The Bertz CT molecular complexity index is 566. The Kier molecular flexibility index (Phi) is 3.45. The normalized spacial score (nSPS) is 12.7. The molecule has 2 rings (SSSR count). The van der Waals surface area contributed by atoms with E-state index in [4.69, 9.17) is 10.3 Å². The van der Waals surface area contributed by atoms with E-state index < -0.39 is 17.7 Å². The number of hydrogen-bond donors (Lipinski definition) is 2. The molecule has 2 aromatic rings. The standard InChI is InChI=1S/C13H14F2N2O/c1-7-5-10(8(2)18-7)13(17-16)11-6-9(14)3-4-12(11)15/h3-6,13,17H,16H2,1-2H3. The lowest BCUT2D eigenvalue weighted by Gasteiger charge is -2.16. The second-order valence-electron chi connectivity index (χ2n) is 4.13. The number of halogens is 2. The van der Waals surface area contributed by atoms with Gasteiger partial charge in [-0.2, -0.15) is 0 Å². The van der Waals surface area contributed by atoms with Gasteiger partial charge in [-0.1, -0.05) is 0 Å². The summed E-state index contributed by atoms with van der Waals surface area (Å²) in [5, 5.41) is 0. The van der Waals surface area contributed by atoms with Gasteiger partial charge in [0.25, 0.3) is 0 Å². The Hall–Kier alpha value is -1.72. The summed E-state index contributed by atoms with van der Waals surface area (Å²) in [5.74, 6) is 5.75. The largest absolute Gasteiger partial charge is 0.466 e. The van der Waals surface area contributed by atoms with Crippen LogP contribution < -0.4 is 11.3 Å². The van der Waals surface area contributed by atoms with Crippen LogP contribution in [0.4, 0.5) is 8.78 Å². The molecule has 0 amide bonds. The molecule has 0 spiro atoms. The second kappa shape index (κ2) is 4.88. The van der Waals surface area contributed by atoms with Crippen LogP contribution in [0.2, 0.25) is 0 Å². The molecular formula is C13H14F2N2O. The van der Waals surface area contributed by atoms with Crippen molar-refractivity contribution in [1.82, 2.24) is 5.43 Å². The van der Waals surface area contributed by atoms with Crippen LogP contribution >= 0.6 is 0 Å². The van der Waals surface area contributed by atoms with E-state index in [0.29, 0.717) is 17.1 Å². The number of hydrogen-bond acceptors (Lipinski definition) is 3. The lowest BCUT2D eigenvalue weighted by Crippen LogP contribution is -2.29. The van der Waals surface area contributed by atoms with E-state index >= 15 is 0 Å². The van der Waals surface area contributed by atoms with E-state index in [9.17, 15) is 8.78 Å². The number of nitrogens with one attached hydrogen (secondary N) is 1. The van der Waals surface area contributed by atoms with Gasteiger partial charge in [0.05, 0.1) is 6.04 Å². The minimum Gasteiger partial charge on any atom is -0.466 e. The molecule has 3 nitrogen and oxygen atoms in total. The first-order valence-corrected chi connectivity index (χ1v) is 5.51. The maximum Gasteiger partial charge on any atom is 0.128 e. The first-order valence-electron chi connectivity index (χ1n) is 5.51. The molecule has 0 bridgehead atoms. The SMILES string of the molecule is Cc1cc(C(NN)c2cc(F)ccc2F)c(C)o1. The van der Waals surface area contributed by atoms with Gasteiger partial charge in [-0.25, -0.2) is 14.2 Å². The molecule has 1 heterocycles. The summed E-state index contributed by atoms with van der Waals surface area (Å²) < 4.78 is 32.3. The van der Waals surface area contributed by atoms with E-state index in [1.807, 2.05) is 0 Å². The molecule has 1 aromatic carbocycles. The van der Waals surface area contributed by atoms with E-state index in [1.54, 1.807) is 19.9 Å². The minimum absolute atomic E-state index is 0.154. The third-order valence-corrected chi connectivity index (χ3v) is 2.83. The number of nitrogens with two attached hydrogens (primary N) is 1. The summed E-state index contributed by atoms with van der Waals surface area (Å²) in [5.41, 5.74) is 3.34. The fourth-order valence-electron chi connectivity index (χ4n) is 2.02. The molecule has 96 valence electrons.